The number of rotatable bonds is 8. The first-order valence-corrected chi connectivity index (χ1v) is 11.1. The molecule has 0 aliphatic carbocycles. The fraction of sp³-hybridized carbons (Fsp3) is 0.192. The number of anilines is 2. The molecule has 0 radical (unpaired) electrons. The second-order valence-corrected chi connectivity index (χ2v) is 8.00. The molecule has 4 rings (SSSR count). The van der Waals surface area contributed by atoms with E-state index < -0.39 is 12.1 Å². The Morgan fingerprint density at radius 2 is 1.71 bits per heavy atom. The molecule has 0 spiro atoms. The molecule has 4 amide bonds. The van der Waals surface area contributed by atoms with Gasteiger partial charge in [-0.15, -0.1) is 0 Å². The van der Waals surface area contributed by atoms with Crippen molar-refractivity contribution in [2.75, 3.05) is 16.8 Å². The van der Waals surface area contributed by atoms with Crippen LogP contribution < -0.4 is 26.0 Å². The van der Waals surface area contributed by atoms with E-state index in [2.05, 4.69) is 10.6 Å². The van der Waals surface area contributed by atoms with Gasteiger partial charge in [-0.3, -0.25) is 9.59 Å². The van der Waals surface area contributed by atoms with Crippen LogP contribution >= 0.6 is 0 Å². The second kappa shape index (κ2) is 10.5. The Hall–Kier alpha value is -4.33. The Balaban J connectivity index is 1.43. The molecule has 0 unspecified atom stereocenters. The maximum absolute atomic E-state index is 12.7. The number of hydrogen-bond acceptors (Lipinski definition) is 4. The molecule has 1 heterocycles. The zero-order chi connectivity index (χ0) is 23.9. The number of nitrogens with two attached hydrogens (primary N) is 1. The van der Waals surface area contributed by atoms with Gasteiger partial charge in [0.1, 0.15) is 11.5 Å². The molecule has 174 valence electrons. The van der Waals surface area contributed by atoms with Crippen molar-refractivity contribution in [1.29, 1.82) is 0 Å². The Morgan fingerprint density at radius 3 is 2.38 bits per heavy atom. The molecule has 1 atom stereocenters. The highest BCUT2D eigenvalue weighted by Gasteiger charge is 2.22. The Morgan fingerprint density at radius 1 is 0.971 bits per heavy atom. The van der Waals surface area contributed by atoms with Crippen LogP contribution in [0.3, 0.4) is 0 Å². The maximum Gasteiger partial charge on any atom is 0.312 e. The van der Waals surface area contributed by atoms with Crippen molar-refractivity contribution in [3.05, 3.63) is 84.4 Å². The zero-order valence-corrected chi connectivity index (χ0v) is 18.6. The third-order valence-electron chi connectivity index (χ3n) is 5.48. The standard InChI is InChI=1S/C26H26N4O4/c27-26(33)29-23(18-6-4-9-22(16-18)34-21-7-2-1-3-8-21)17-24(31)28-19-11-13-20(14-12-19)30-15-5-10-25(30)32/h1-4,6-9,11-14,16,23H,5,10,15,17H2,(H,28,31)(H3,27,29,33)/t23-/m1/s1. The van der Waals surface area contributed by atoms with E-state index in [1.807, 2.05) is 42.5 Å². The fourth-order valence-corrected chi connectivity index (χ4v) is 3.89. The van der Waals surface area contributed by atoms with Gasteiger partial charge in [-0.25, -0.2) is 4.79 Å². The van der Waals surface area contributed by atoms with Crippen molar-refractivity contribution < 1.29 is 19.1 Å². The van der Waals surface area contributed by atoms with Crippen molar-refractivity contribution in [1.82, 2.24) is 5.32 Å². The van der Waals surface area contributed by atoms with E-state index in [1.165, 1.54) is 0 Å². The minimum absolute atomic E-state index is 0.0237. The average molecular weight is 459 g/mol. The van der Waals surface area contributed by atoms with Crippen molar-refractivity contribution in [3.63, 3.8) is 0 Å². The second-order valence-electron chi connectivity index (χ2n) is 8.00. The number of ether oxygens (including phenoxy) is 1. The molecule has 34 heavy (non-hydrogen) atoms. The zero-order valence-electron chi connectivity index (χ0n) is 18.6. The van der Waals surface area contributed by atoms with E-state index >= 15 is 0 Å². The molecule has 3 aromatic carbocycles. The third kappa shape index (κ3) is 5.92. The van der Waals surface area contributed by atoms with Crippen LogP contribution in [0.4, 0.5) is 16.2 Å². The number of benzene rings is 3. The average Bonchev–Trinajstić information content (AvgIpc) is 3.25. The van der Waals surface area contributed by atoms with Gasteiger partial charge < -0.3 is 26.0 Å². The first kappa shape index (κ1) is 22.8. The number of nitrogens with zero attached hydrogens (tertiary/aromatic N) is 1. The molecular formula is C26H26N4O4. The van der Waals surface area contributed by atoms with Crippen LogP contribution in [0.25, 0.3) is 0 Å². The first-order valence-electron chi connectivity index (χ1n) is 11.1. The van der Waals surface area contributed by atoms with Crippen molar-refractivity contribution in [3.8, 4) is 11.5 Å². The summed E-state index contributed by atoms with van der Waals surface area (Å²) < 4.78 is 5.86. The van der Waals surface area contributed by atoms with E-state index in [0.717, 1.165) is 12.1 Å². The smallest absolute Gasteiger partial charge is 0.312 e. The first-order chi connectivity index (χ1) is 16.5. The predicted molar refractivity (Wildman–Crippen MR) is 130 cm³/mol. The number of urea groups is 1. The van der Waals surface area contributed by atoms with E-state index in [4.69, 9.17) is 10.5 Å². The minimum atomic E-state index is -0.730. The summed E-state index contributed by atoms with van der Waals surface area (Å²) >= 11 is 0. The molecule has 0 aromatic heterocycles. The Labute approximate surface area is 197 Å². The van der Waals surface area contributed by atoms with Gasteiger partial charge in [0, 0.05) is 24.3 Å². The minimum Gasteiger partial charge on any atom is -0.457 e. The lowest BCUT2D eigenvalue weighted by Gasteiger charge is -2.19. The summed E-state index contributed by atoms with van der Waals surface area (Å²) in [6, 6.07) is 22.2. The maximum atomic E-state index is 12.7. The summed E-state index contributed by atoms with van der Waals surface area (Å²) in [7, 11) is 0. The van der Waals surface area contributed by atoms with Crippen LogP contribution in [-0.2, 0) is 9.59 Å². The van der Waals surface area contributed by atoms with Crippen LogP contribution in [0.1, 0.15) is 30.9 Å². The normalized spacial score (nSPS) is 13.9. The molecular weight excluding hydrogens is 432 g/mol. The molecule has 1 saturated heterocycles. The molecule has 1 fully saturated rings. The van der Waals surface area contributed by atoms with E-state index in [1.54, 1.807) is 41.3 Å². The number of nitrogens with one attached hydrogen (secondary N) is 2. The molecule has 1 aliphatic rings. The van der Waals surface area contributed by atoms with Crippen LogP contribution in [0.15, 0.2) is 78.9 Å². The molecule has 8 heteroatoms. The van der Waals surface area contributed by atoms with Gasteiger partial charge >= 0.3 is 6.03 Å². The predicted octanol–water partition coefficient (Wildman–Crippen LogP) is 4.34. The summed E-state index contributed by atoms with van der Waals surface area (Å²) in [5, 5.41) is 5.47. The van der Waals surface area contributed by atoms with Gasteiger partial charge in [-0.1, -0.05) is 30.3 Å². The van der Waals surface area contributed by atoms with Crippen molar-refractivity contribution >= 4 is 29.2 Å². The van der Waals surface area contributed by atoms with Gasteiger partial charge in [0.05, 0.1) is 12.5 Å². The van der Waals surface area contributed by atoms with E-state index in [0.29, 0.717) is 35.7 Å². The van der Waals surface area contributed by atoms with Gasteiger partial charge in [-0.05, 0) is 60.5 Å². The molecule has 0 bridgehead atoms. The SMILES string of the molecule is NC(=O)N[C@H](CC(=O)Nc1ccc(N2CCCC2=O)cc1)c1cccc(Oc2ccccc2)c1. The van der Waals surface area contributed by atoms with Gasteiger partial charge in [0.15, 0.2) is 0 Å². The van der Waals surface area contributed by atoms with Crippen LogP contribution in [0.5, 0.6) is 11.5 Å². The van der Waals surface area contributed by atoms with Gasteiger partial charge in [-0.2, -0.15) is 0 Å². The summed E-state index contributed by atoms with van der Waals surface area (Å²) in [6.45, 7) is 0.706. The monoisotopic (exact) mass is 458 g/mol. The summed E-state index contributed by atoms with van der Waals surface area (Å²) in [5.74, 6) is 1.07. The Bertz CT molecular complexity index is 1160. The number of hydrogen-bond donors (Lipinski definition) is 3. The van der Waals surface area contributed by atoms with Crippen LogP contribution in [-0.4, -0.2) is 24.4 Å². The largest absolute Gasteiger partial charge is 0.457 e. The number of primary amides is 1. The van der Waals surface area contributed by atoms with Gasteiger partial charge in [0.2, 0.25) is 11.8 Å². The highest BCUT2D eigenvalue weighted by atomic mass is 16.5. The lowest BCUT2D eigenvalue weighted by molar-refractivity contribution is -0.117. The van der Waals surface area contributed by atoms with Crippen molar-refractivity contribution in [2.45, 2.75) is 25.3 Å². The topological polar surface area (TPSA) is 114 Å². The molecule has 1 aliphatic heterocycles. The highest BCUT2D eigenvalue weighted by Crippen LogP contribution is 2.27. The quantitative estimate of drug-likeness (QED) is 0.466. The lowest BCUT2D eigenvalue weighted by atomic mass is 10.0. The fourth-order valence-electron chi connectivity index (χ4n) is 3.89. The molecule has 3 aromatic rings. The molecule has 4 N–H and O–H groups in total. The summed E-state index contributed by atoms with van der Waals surface area (Å²) in [6.07, 6.45) is 1.39. The van der Waals surface area contributed by atoms with Crippen LogP contribution in [0, 0.1) is 0 Å². The number of carbonyl (C=O) groups excluding carboxylic acids is 3. The van der Waals surface area contributed by atoms with Crippen LogP contribution in [0.2, 0.25) is 0 Å². The van der Waals surface area contributed by atoms with Gasteiger partial charge in [0.25, 0.3) is 0 Å². The molecule has 0 saturated carbocycles. The van der Waals surface area contributed by atoms with E-state index in [-0.39, 0.29) is 18.2 Å². The number of para-hydroxylation sites is 1. The van der Waals surface area contributed by atoms with Crippen molar-refractivity contribution in [2.24, 2.45) is 5.73 Å². The Kier molecular flexibility index (Phi) is 7.07. The van der Waals surface area contributed by atoms with E-state index in [9.17, 15) is 14.4 Å². The number of amides is 4. The highest BCUT2D eigenvalue weighted by molar-refractivity contribution is 5.96. The summed E-state index contributed by atoms with van der Waals surface area (Å²) in [5.41, 5.74) is 7.45. The lowest BCUT2D eigenvalue weighted by Crippen LogP contribution is -2.35. The molecule has 8 nitrogen and oxygen atoms in total. The summed E-state index contributed by atoms with van der Waals surface area (Å²) in [4.78, 5) is 38.0. The third-order valence-corrected chi connectivity index (χ3v) is 5.48. The number of carbonyl (C=O) groups is 3.